The number of nitrogens with zero attached hydrogens (tertiary/aromatic N) is 4. The van der Waals surface area contributed by atoms with Gasteiger partial charge in [-0.05, 0) is 23.6 Å². The minimum absolute atomic E-state index is 0.00728. The van der Waals surface area contributed by atoms with E-state index < -0.39 is 0 Å². The molecule has 4 heterocycles. The molecule has 1 amide bonds. The molecule has 6 nitrogen and oxygen atoms in total. The van der Waals surface area contributed by atoms with E-state index in [9.17, 15) is 9.59 Å². The average molecular weight is 326 g/mol. The van der Waals surface area contributed by atoms with E-state index >= 15 is 0 Å². The van der Waals surface area contributed by atoms with E-state index in [1.54, 1.807) is 33.9 Å². The van der Waals surface area contributed by atoms with Crippen molar-refractivity contribution in [2.75, 3.05) is 13.1 Å². The molecule has 0 radical (unpaired) electrons. The van der Waals surface area contributed by atoms with Crippen LogP contribution in [0.1, 0.15) is 16.3 Å². The van der Waals surface area contributed by atoms with Gasteiger partial charge in [-0.25, -0.2) is 4.98 Å². The first kappa shape index (κ1) is 14.1. The molecule has 0 aromatic carbocycles. The van der Waals surface area contributed by atoms with Crippen LogP contribution in [0.2, 0.25) is 0 Å². The largest absolute Gasteiger partial charge is 0.335 e. The van der Waals surface area contributed by atoms with E-state index in [2.05, 4.69) is 9.97 Å². The second-order valence-corrected chi connectivity index (χ2v) is 6.29. The summed E-state index contributed by atoms with van der Waals surface area (Å²) in [5.41, 5.74) is 1.17. The van der Waals surface area contributed by atoms with Gasteiger partial charge in [0, 0.05) is 32.3 Å². The highest BCUT2D eigenvalue weighted by Crippen LogP contribution is 2.17. The maximum absolute atomic E-state index is 12.6. The molecule has 0 saturated heterocycles. The van der Waals surface area contributed by atoms with Gasteiger partial charge in [-0.3, -0.25) is 19.1 Å². The van der Waals surface area contributed by atoms with Crippen molar-refractivity contribution >= 4 is 27.5 Å². The summed E-state index contributed by atoms with van der Waals surface area (Å²) < 4.78 is 2.38. The van der Waals surface area contributed by atoms with Crippen LogP contribution in [0, 0.1) is 0 Å². The van der Waals surface area contributed by atoms with Crippen LogP contribution in [-0.4, -0.2) is 38.4 Å². The maximum Gasteiger partial charge on any atom is 0.272 e. The Morgan fingerprint density at radius 2 is 2.09 bits per heavy atom. The Labute approximate surface area is 136 Å². The molecular weight excluding hydrogens is 312 g/mol. The first-order valence-electron chi connectivity index (χ1n) is 7.41. The fourth-order valence-electron chi connectivity index (χ4n) is 2.83. The maximum atomic E-state index is 12.6. The fraction of sp³-hybridized carbons (Fsp3) is 0.250. The standard InChI is InChI=1S/C16H14N4O2S/c21-15(12-3-1-2-6-17-12)19-7-4-13-18-11-5-10-23-14(11)16(22)20(13)9-8-19/h1-3,5-6,10H,4,7-9H2. The quantitative estimate of drug-likeness (QED) is 0.680. The lowest BCUT2D eigenvalue weighted by molar-refractivity contribution is 0.0753. The van der Waals surface area contributed by atoms with E-state index in [0.717, 1.165) is 11.3 Å². The molecule has 4 rings (SSSR count). The number of carbonyl (C=O) groups is 1. The molecule has 0 fully saturated rings. The van der Waals surface area contributed by atoms with Gasteiger partial charge in [-0.1, -0.05) is 6.07 Å². The minimum Gasteiger partial charge on any atom is -0.335 e. The highest BCUT2D eigenvalue weighted by molar-refractivity contribution is 7.17. The van der Waals surface area contributed by atoms with Crippen LogP contribution in [0.5, 0.6) is 0 Å². The summed E-state index contributed by atoms with van der Waals surface area (Å²) in [6, 6.07) is 7.16. The number of rotatable bonds is 1. The van der Waals surface area contributed by atoms with Crippen LogP contribution in [-0.2, 0) is 13.0 Å². The third kappa shape index (κ3) is 2.43. The van der Waals surface area contributed by atoms with Crippen molar-refractivity contribution in [1.82, 2.24) is 19.4 Å². The summed E-state index contributed by atoms with van der Waals surface area (Å²) >= 11 is 1.41. The van der Waals surface area contributed by atoms with Crippen molar-refractivity contribution in [1.29, 1.82) is 0 Å². The van der Waals surface area contributed by atoms with E-state index in [-0.39, 0.29) is 11.5 Å². The van der Waals surface area contributed by atoms with Gasteiger partial charge in [-0.2, -0.15) is 0 Å². The lowest BCUT2D eigenvalue weighted by atomic mass is 10.3. The fourth-order valence-corrected chi connectivity index (χ4v) is 3.61. The van der Waals surface area contributed by atoms with Gasteiger partial charge in [0.25, 0.3) is 11.5 Å². The number of fused-ring (bicyclic) bond motifs is 2. The zero-order valence-electron chi connectivity index (χ0n) is 12.3. The van der Waals surface area contributed by atoms with Crippen LogP contribution >= 0.6 is 11.3 Å². The molecule has 0 atom stereocenters. The number of pyridine rings is 1. The number of carbonyl (C=O) groups excluding carboxylic acids is 1. The van der Waals surface area contributed by atoms with Gasteiger partial charge < -0.3 is 4.90 Å². The summed E-state index contributed by atoms with van der Waals surface area (Å²) in [7, 11) is 0. The summed E-state index contributed by atoms with van der Waals surface area (Å²) in [5.74, 6) is 0.644. The molecule has 0 spiro atoms. The molecule has 3 aromatic rings. The predicted molar refractivity (Wildman–Crippen MR) is 87.7 cm³/mol. The average Bonchev–Trinajstić information content (AvgIpc) is 2.95. The lowest BCUT2D eigenvalue weighted by Gasteiger charge is -2.19. The van der Waals surface area contributed by atoms with Crippen LogP contribution in [0.3, 0.4) is 0 Å². The molecule has 23 heavy (non-hydrogen) atoms. The topological polar surface area (TPSA) is 68.1 Å². The molecule has 0 N–H and O–H groups in total. The second-order valence-electron chi connectivity index (χ2n) is 5.38. The molecule has 0 aliphatic carbocycles. The third-order valence-electron chi connectivity index (χ3n) is 4.01. The van der Waals surface area contributed by atoms with Crippen LogP contribution < -0.4 is 5.56 Å². The summed E-state index contributed by atoms with van der Waals surface area (Å²) in [5, 5.41) is 1.88. The van der Waals surface area contributed by atoms with Crippen LogP contribution in [0.15, 0.2) is 40.6 Å². The number of amides is 1. The Bertz CT molecular complexity index is 932. The molecular formula is C16H14N4O2S. The number of thiophene rings is 1. The number of aromatic nitrogens is 3. The lowest BCUT2D eigenvalue weighted by Crippen LogP contribution is -2.34. The summed E-state index contributed by atoms with van der Waals surface area (Å²) in [6.07, 6.45) is 2.18. The van der Waals surface area contributed by atoms with Crippen LogP contribution in [0.25, 0.3) is 10.2 Å². The van der Waals surface area contributed by atoms with E-state index in [1.807, 2.05) is 11.4 Å². The van der Waals surface area contributed by atoms with Gasteiger partial charge in [-0.15, -0.1) is 11.3 Å². The molecule has 0 bridgehead atoms. The Morgan fingerprint density at radius 1 is 1.17 bits per heavy atom. The molecule has 3 aromatic heterocycles. The van der Waals surface area contributed by atoms with E-state index in [0.29, 0.717) is 36.4 Å². The monoisotopic (exact) mass is 326 g/mol. The first-order chi connectivity index (χ1) is 11.2. The van der Waals surface area contributed by atoms with Crippen molar-refractivity contribution in [3.05, 3.63) is 57.7 Å². The van der Waals surface area contributed by atoms with Crippen molar-refractivity contribution in [2.45, 2.75) is 13.0 Å². The smallest absolute Gasteiger partial charge is 0.272 e. The highest BCUT2D eigenvalue weighted by atomic mass is 32.1. The molecule has 1 aliphatic rings. The van der Waals surface area contributed by atoms with Gasteiger partial charge in [0.1, 0.15) is 16.2 Å². The SMILES string of the molecule is O=C(c1ccccn1)N1CCc2nc3ccsc3c(=O)n2CC1. The Balaban J connectivity index is 1.65. The molecule has 116 valence electrons. The van der Waals surface area contributed by atoms with Crippen molar-refractivity contribution < 1.29 is 4.79 Å². The molecule has 0 unspecified atom stereocenters. The number of hydrogen-bond acceptors (Lipinski definition) is 5. The van der Waals surface area contributed by atoms with Gasteiger partial charge in [0.15, 0.2) is 0 Å². The first-order valence-corrected chi connectivity index (χ1v) is 8.29. The third-order valence-corrected chi connectivity index (χ3v) is 4.91. The normalized spacial score (nSPS) is 14.5. The van der Waals surface area contributed by atoms with Crippen LogP contribution in [0.4, 0.5) is 0 Å². The van der Waals surface area contributed by atoms with Crippen molar-refractivity contribution in [3.8, 4) is 0 Å². The van der Waals surface area contributed by atoms with Crippen molar-refractivity contribution in [3.63, 3.8) is 0 Å². The Kier molecular flexibility index (Phi) is 3.42. The second kappa shape index (κ2) is 5.58. The van der Waals surface area contributed by atoms with E-state index in [4.69, 9.17) is 0 Å². The highest BCUT2D eigenvalue weighted by Gasteiger charge is 2.22. The van der Waals surface area contributed by atoms with Gasteiger partial charge in [0.2, 0.25) is 0 Å². The zero-order chi connectivity index (χ0) is 15.8. The summed E-state index contributed by atoms with van der Waals surface area (Å²) in [4.78, 5) is 35.5. The molecule has 0 saturated carbocycles. The van der Waals surface area contributed by atoms with Crippen molar-refractivity contribution in [2.24, 2.45) is 0 Å². The Hall–Kier alpha value is -2.54. The van der Waals surface area contributed by atoms with Gasteiger partial charge in [0.05, 0.1) is 5.52 Å². The van der Waals surface area contributed by atoms with E-state index in [1.165, 1.54) is 11.3 Å². The minimum atomic E-state index is -0.103. The Morgan fingerprint density at radius 3 is 2.91 bits per heavy atom. The molecule has 1 aliphatic heterocycles. The molecule has 7 heteroatoms. The summed E-state index contributed by atoms with van der Waals surface area (Å²) in [6.45, 7) is 1.49. The predicted octanol–water partition coefficient (Wildman–Crippen LogP) is 1.55. The number of hydrogen-bond donors (Lipinski definition) is 0. The van der Waals surface area contributed by atoms with Gasteiger partial charge >= 0.3 is 0 Å². The zero-order valence-corrected chi connectivity index (χ0v) is 13.1.